The van der Waals surface area contributed by atoms with E-state index in [1.54, 1.807) is 18.2 Å². The highest BCUT2D eigenvalue weighted by Gasteiger charge is 2.34. The maximum atomic E-state index is 13.0. The summed E-state index contributed by atoms with van der Waals surface area (Å²) in [5.74, 6) is 3.08. The summed E-state index contributed by atoms with van der Waals surface area (Å²) in [5.41, 5.74) is 1.86. The van der Waals surface area contributed by atoms with Gasteiger partial charge in [-0.3, -0.25) is 9.59 Å². The molecule has 0 radical (unpaired) electrons. The molecular formula is C36H30O11. The minimum Gasteiger partial charge on any atom is -0.493 e. The van der Waals surface area contributed by atoms with E-state index in [1.165, 1.54) is 47.7 Å². The van der Waals surface area contributed by atoms with Crippen LogP contribution in [-0.4, -0.2) is 42.3 Å². The van der Waals surface area contributed by atoms with Crippen LogP contribution in [0.25, 0.3) is 44.6 Å². The Morgan fingerprint density at radius 3 is 1.85 bits per heavy atom. The molecule has 4 aromatic carbocycles. The number of fused-ring (bicyclic) bond motifs is 3. The van der Waals surface area contributed by atoms with Crippen LogP contribution in [0.4, 0.5) is 0 Å². The molecule has 0 amide bonds. The van der Waals surface area contributed by atoms with Crippen LogP contribution in [0.15, 0.2) is 97.3 Å². The van der Waals surface area contributed by atoms with Crippen LogP contribution >= 0.6 is 0 Å². The lowest BCUT2D eigenvalue weighted by Gasteiger charge is -2.18. The molecule has 0 saturated heterocycles. The van der Waals surface area contributed by atoms with Gasteiger partial charge in [-0.2, -0.15) is 0 Å². The third-order valence-corrected chi connectivity index (χ3v) is 7.47. The molecule has 1 aliphatic rings. The molecule has 0 aliphatic carbocycles. The molecule has 2 aromatic heterocycles. The summed E-state index contributed by atoms with van der Waals surface area (Å²) in [7, 11) is 7.37. The van der Waals surface area contributed by atoms with Crippen molar-refractivity contribution in [1.29, 1.82) is 0 Å². The first-order chi connectivity index (χ1) is 22.9. The first kappa shape index (κ1) is 30.9. The molecule has 0 unspecified atom stereocenters. The highest BCUT2D eigenvalue weighted by Crippen LogP contribution is 2.58. The van der Waals surface area contributed by atoms with E-state index in [9.17, 15) is 9.59 Å². The molecule has 0 fully saturated rings. The number of methoxy groups -OCH3 is 5. The lowest BCUT2D eigenvalue weighted by atomic mass is 10.1. The van der Waals surface area contributed by atoms with Gasteiger partial charge in [0.15, 0.2) is 33.9 Å². The van der Waals surface area contributed by atoms with Crippen molar-refractivity contribution in [3.8, 4) is 62.9 Å². The number of ether oxygens (including phenoxy) is 7. The number of rotatable bonds is 7. The average Bonchev–Trinajstić information content (AvgIpc) is 3.60. The van der Waals surface area contributed by atoms with Crippen molar-refractivity contribution in [1.82, 2.24) is 0 Å². The van der Waals surface area contributed by atoms with Gasteiger partial charge in [0.1, 0.15) is 33.6 Å². The van der Waals surface area contributed by atoms with Gasteiger partial charge in [0.05, 0.1) is 40.9 Å². The zero-order valence-electron chi connectivity index (χ0n) is 26.2. The van der Waals surface area contributed by atoms with Crippen molar-refractivity contribution in [3.63, 3.8) is 0 Å². The Morgan fingerprint density at radius 2 is 1.17 bits per heavy atom. The van der Waals surface area contributed by atoms with Crippen LogP contribution in [0.2, 0.25) is 0 Å². The van der Waals surface area contributed by atoms with E-state index >= 15 is 0 Å². The summed E-state index contributed by atoms with van der Waals surface area (Å²) >= 11 is 0. The van der Waals surface area contributed by atoms with Gasteiger partial charge in [0.25, 0.3) is 0 Å². The number of hydrogen-bond donors (Lipinski definition) is 0. The van der Waals surface area contributed by atoms with Crippen LogP contribution in [0, 0.1) is 0 Å². The van der Waals surface area contributed by atoms with Crippen LogP contribution in [-0.2, 0) is 0 Å². The summed E-state index contributed by atoms with van der Waals surface area (Å²) in [6.45, 7) is -0.00662. The Kier molecular flexibility index (Phi) is 8.61. The monoisotopic (exact) mass is 638 g/mol. The minimum absolute atomic E-state index is 0.00662. The fourth-order valence-corrected chi connectivity index (χ4v) is 5.39. The Labute approximate surface area is 268 Å². The number of benzene rings is 4. The average molecular weight is 639 g/mol. The second-order valence-electron chi connectivity index (χ2n) is 10.0. The normalized spacial score (nSPS) is 11.5. The highest BCUT2D eigenvalue weighted by molar-refractivity contribution is 5.90. The molecule has 0 atom stereocenters. The highest BCUT2D eigenvalue weighted by atomic mass is 16.7. The van der Waals surface area contributed by atoms with E-state index in [-0.39, 0.29) is 40.3 Å². The summed E-state index contributed by atoms with van der Waals surface area (Å²) in [4.78, 5) is 25.0. The summed E-state index contributed by atoms with van der Waals surface area (Å²) < 4.78 is 50.2. The van der Waals surface area contributed by atoms with Gasteiger partial charge in [-0.15, -0.1) is 0 Å². The first-order valence-electron chi connectivity index (χ1n) is 14.3. The summed E-state index contributed by atoms with van der Waals surface area (Å²) in [6.07, 6.45) is 0. The number of hydrogen-bond acceptors (Lipinski definition) is 11. The van der Waals surface area contributed by atoms with Crippen molar-refractivity contribution >= 4 is 21.9 Å². The Balaban J connectivity index is 0.000000191. The van der Waals surface area contributed by atoms with Gasteiger partial charge < -0.3 is 42.0 Å². The predicted molar refractivity (Wildman–Crippen MR) is 175 cm³/mol. The molecule has 11 heteroatoms. The predicted octanol–water partition coefficient (Wildman–Crippen LogP) is 6.69. The maximum Gasteiger partial charge on any atom is 0.231 e. The van der Waals surface area contributed by atoms with E-state index in [1.807, 2.05) is 48.5 Å². The lowest BCUT2D eigenvalue weighted by molar-refractivity contribution is 0.168. The maximum absolute atomic E-state index is 13.0. The molecule has 0 saturated carbocycles. The quantitative estimate of drug-likeness (QED) is 0.186. The van der Waals surface area contributed by atoms with Gasteiger partial charge >= 0.3 is 0 Å². The zero-order chi connectivity index (χ0) is 33.1. The lowest BCUT2D eigenvalue weighted by Crippen LogP contribution is -2.05. The summed E-state index contributed by atoms with van der Waals surface area (Å²) in [6, 6.07) is 23.1. The molecule has 11 nitrogen and oxygen atoms in total. The molecular weight excluding hydrogens is 608 g/mol. The van der Waals surface area contributed by atoms with Crippen molar-refractivity contribution < 1.29 is 42.0 Å². The van der Waals surface area contributed by atoms with Crippen molar-refractivity contribution in [2.75, 3.05) is 42.3 Å². The van der Waals surface area contributed by atoms with E-state index in [0.717, 1.165) is 5.56 Å². The third-order valence-electron chi connectivity index (χ3n) is 7.47. The van der Waals surface area contributed by atoms with Crippen LogP contribution < -0.4 is 44.0 Å². The molecule has 0 N–H and O–H groups in total. The minimum atomic E-state index is -0.331. The Morgan fingerprint density at radius 1 is 0.553 bits per heavy atom. The summed E-state index contributed by atoms with van der Waals surface area (Å²) in [5, 5.41) is 0.874. The first-order valence-corrected chi connectivity index (χ1v) is 14.3. The van der Waals surface area contributed by atoms with Gasteiger partial charge in [-0.1, -0.05) is 42.5 Å². The fraction of sp³-hybridized carbons (Fsp3) is 0.167. The standard InChI is InChI=1S/C21H20O9.C15H10O2/c1-23-12-7-6-11-14(16(12)24-2)10(22)8-13(30-11)15-17(25-3)19(27-5)21-20(18(15)26-4)28-9-29-21;16-13-10-15(11-6-2-1-3-7-11)17-14-9-5-4-8-12(13)14/h6-8H,9H2,1-5H3;1-10H. The van der Waals surface area contributed by atoms with E-state index in [0.29, 0.717) is 56.6 Å². The van der Waals surface area contributed by atoms with Gasteiger partial charge in [-0.25, -0.2) is 0 Å². The van der Waals surface area contributed by atoms with Crippen molar-refractivity contribution in [2.45, 2.75) is 0 Å². The van der Waals surface area contributed by atoms with Gasteiger partial charge in [0.2, 0.25) is 24.0 Å². The molecule has 3 heterocycles. The van der Waals surface area contributed by atoms with E-state index < -0.39 is 0 Å². The topological polar surface area (TPSA) is 125 Å². The SMILES string of the molecule is COc1ccc2oc(-c3c(OC)c(OC)c4c(c3OC)OCO4)cc(=O)c2c1OC.O=c1cc(-c2ccccc2)oc2ccccc12. The largest absolute Gasteiger partial charge is 0.493 e. The Bertz CT molecular complexity index is 2200. The van der Waals surface area contributed by atoms with Crippen LogP contribution in [0.5, 0.6) is 40.2 Å². The number of para-hydroxylation sites is 1. The molecule has 1 aliphatic heterocycles. The second kappa shape index (κ2) is 13.1. The van der Waals surface area contributed by atoms with E-state index in [2.05, 4.69) is 0 Å². The van der Waals surface area contributed by atoms with Crippen LogP contribution in [0.1, 0.15) is 0 Å². The van der Waals surface area contributed by atoms with Crippen molar-refractivity contribution in [3.05, 3.63) is 99.3 Å². The smallest absolute Gasteiger partial charge is 0.231 e. The second-order valence-corrected chi connectivity index (χ2v) is 10.0. The van der Waals surface area contributed by atoms with E-state index in [4.69, 9.17) is 42.0 Å². The fourth-order valence-electron chi connectivity index (χ4n) is 5.39. The molecule has 0 spiro atoms. The third kappa shape index (κ3) is 5.52. The molecule has 240 valence electrons. The molecule has 0 bridgehead atoms. The molecule has 47 heavy (non-hydrogen) atoms. The van der Waals surface area contributed by atoms with Gasteiger partial charge in [0, 0.05) is 17.7 Å². The molecule has 6 aromatic rings. The zero-order valence-corrected chi connectivity index (χ0v) is 26.2. The van der Waals surface area contributed by atoms with Gasteiger partial charge in [-0.05, 0) is 24.3 Å². The van der Waals surface area contributed by atoms with Crippen molar-refractivity contribution in [2.24, 2.45) is 0 Å². The Hall–Kier alpha value is -6.10. The van der Waals surface area contributed by atoms with Crippen LogP contribution in [0.3, 0.4) is 0 Å². The molecule has 7 rings (SSSR count).